The fourth-order valence-corrected chi connectivity index (χ4v) is 11.5. The van der Waals surface area contributed by atoms with Gasteiger partial charge in [0.15, 0.2) is 0 Å². The molecule has 1 aliphatic carbocycles. The number of esters is 1. The highest BCUT2D eigenvalue weighted by molar-refractivity contribution is 8.76. The third-order valence-electron chi connectivity index (χ3n) is 11.3. The Balaban J connectivity index is 1.56. The van der Waals surface area contributed by atoms with Gasteiger partial charge in [0.2, 0.25) is 5.91 Å². The van der Waals surface area contributed by atoms with Crippen LogP contribution in [-0.2, 0) is 19.1 Å². The first-order valence-corrected chi connectivity index (χ1v) is 21.3. The van der Waals surface area contributed by atoms with Crippen LogP contribution < -0.4 is 27.5 Å². The van der Waals surface area contributed by atoms with Gasteiger partial charge < -0.3 is 29.9 Å². The number of rotatable bonds is 5. The van der Waals surface area contributed by atoms with Crippen LogP contribution in [0.15, 0.2) is 0 Å². The number of methoxy groups -OCH3 is 1. The molecular weight excluding hydrogens is 665 g/mol. The zero-order valence-electron chi connectivity index (χ0n) is 29.9. The van der Waals surface area contributed by atoms with Gasteiger partial charge >= 0.3 is 11.9 Å². The van der Waals surface area contributed by atoms with E-state index in [4.69, 9.17) is 26.7 Å². The van der Waals surface area contributed by atoms with Crippen LogP contribution >= 0.6 is 21.6 Å². The van der Waals surface area contributed by atoms with Gasteiger partial charge in [-0.25, -0.2) is 0 Å². The molecule has 0 radical (unpaired) electrons. The first kappa shape index (κ1) is 40.5. The number of nitrogens with zero attached hydrogens (tertiary/aromatic N) is 1. The van der Waals surface area contributed by atoms with E-state index in [1.165, 1.54) is 6.92 Å². The summed E-state index contributed by atoms with van der Waals surface area (Å²) in [6.45, 7) is 3.55. The Bertz CT molecular complexity index is 1070. The number of ether oxygens (including phenoxy) is 2. The van der Waals surface area contributed by atoms with Gasteiger partial charge in [0.1, 0.15) is 12.3 Å². The van der Waals surface area contributed by atoms with Crippen molar-refractivity contribution in [3.8, 4) is 0 Å². The van der Waals surface area contributed by atoms with Gasteiger partial charge in [0, 0.05) is 69.2 Å². The molecule has 0 aromatic carbocycles. The molecule has 49 heavy (non-hydrogen) atoms. The lowest BCUT2D eigenvalue weighted by molar-refractivity contribution is -0.699. The van der Waals surface area contributed by atoms with Crippen LogP contribution in [0.5, 0.6) is 0 Å². The van der Waals surface area contributed by atoms with Crippen molar-refractivity contribution in [2.45, 2.75) is 140 Å². The largest absolute Gasteiger partial charge is 0.462 e. The number of quaternary nitrogens is 1. The SMILES string of the molecule is COC1CC2CCC(OC(C)=O)CC(O)CCCCCCSSCC([NH+]=C(N)N)CC3(CC4CC[NH2+]C(N)C4)CC(=O)N(CC(C2)C1O)C3. The number of hydrogen-bond donors (Lipinski definition) is 7. The van der Waals surface area contributed by atoms with Crippen molar-refractivity contribution in [3.05, 3.63) is 0 Å². The van der Waals surface area contributed by atoms with E-state index < -0.39 is 12.2 Å². The lowest BCUT2D eigenvalue weighted by atomic mass is 9.71. The topological polar surface area (TPSA) is 205 Å². The highest BCUT2D eigenvalue weighted by Gasteiger charge is 2.48. The molecule has 1 amide bonds. The summed E-state index contributed by atoms with van der Waals surface area (Å²) in [4.78, 5) is 31.2. The van der Waals surface area contributed by atoms with Crippen LogP contribution in [0, 0.1) is 23.2 Å². The van der Waals surface area contributed by atoms with E-state index >= 15 is 0 Å². The number of nitrogens with two attached hydrogens (primary N) is 4. The third kappa shape index (κ3) is 13.3. The normalized spacial score (nSPS) is 38.0. The number of guanidine groups is 1. The summed E-state index contributed by atoms with van der Waals surface area (Å²) < 4.78 is 11.5. The molecule has 0 aromatic rings. The molecule has 4 bridgehead atoms. The van der Waals surface area contributed by atoms with Crippen LogP contribution in [0.1, 0.15) is 103 Å². The van der Waals surface area contributed by atoms with Crippen molar-refractivity contribution in [2.75, 3.05) is 38.2 Å². The number of hydrogen-bond acceptors (Lipinski definition) is 9. The average Bonchev–Trinajstić information content (AvgIpc) is 3.32. The van der Waals surface area contributed by atoms with Crippen LogP contribution in [0.25, 0.3) is 0 Å². The Morgan fingerprint density at radius 2 is 1.86 bits per heavy atom. The molecule has 12 nitrogen and oxygen atoms in total. The molecule has 10 unspecified atom stereocenters. The minimum Gasteiger partial charge on any atom is -0.462 e. The number of fused-ring (bicyclic) bond motifs is 4. The van der Waals surface area contributed by atoms with E-state index in [2.05, 4.69) is 10.3 Å². The van der Waals surface area contributed by atoms with E-state index in [1.807, 2.05) is 26.5 Å². The second-order valence-corrected chi connectivity index (χ2v) is 18.2. The quantitative estimate of drug-likeness (QED) is 0.0880. The first-order valence-electron chi connectivity index (χ1n) is 18.8. The molecule has 11 N–H and O–H groups in total. The van der Waals surface area contributed by atoms with Gasteiger partial charge in [-0.2, -0.15) is 0 Å². The lowest BCUT2D eigenvalue weighted by Gasteiger charge is -2.41. The molecular formula is C35H66N6O6S2+2. The minimum absolute atomic E-state index is 0.0230. The van der Waals surface area contributed by atoms with Crippen molar-refractivity contribution in [1.29, 1.82) is 0 Å². The van der Waals surface area contributed by atoms with Gasteiger partial charge in [0.05, 0.1) is 30.9 Å². The van der Waals surface area contributed by atoms with E-state index in [1.54, 1.807) is 7.11 Å². The van der Waals surface area contributed by atoms with Crippen LogP contribution in [0.4, 0.5) is 0 Å². The zero-order valence-corrected chi connectivity index (χ0v) is 31.6. The Kier molecular flexibility index (Phi) is 16.6. The summed E-state index contributed by atoms with van der Waals surface area (Å²) in [6, 6.07) is 0.0230. The molecule has 3 heterocycles. The second-order valence-electron chi connectivity index (χ2n) is 15.6. The maximum absolute atomic E-state index is 13.9. The Morgan fingerprint density at radius 3 is 2.59 bits per heavy atom. The van der Waals surface area contributed by atoms with Crippen molar-refractivity contribution >= 4 is 39.4 Å². The minimum atomic E-state index is -0.675. The Labute approximate surface area is 301 Å². The van der Waals surface area contributed by atoms with Crippen LogP contribution in [0.2, 0.25) is 0 Å². The predicted octanol–water partition coefficient (Wildman–Crippen LogP) is 0.177. The van der Waals surface area contributed by atoms with Crippen molar-refractivity contribution in [2.24, 2.45) is 40.4 Å². The van der Waals surface area contributed by atoms with E-state index in [9.17, 15) is 19.8 Å². The molecule has 282 valence electrons. The molecule has 3 aliphatic heterocycles. The number of carbonyl (C=O) groups excluding carboxylic acids is 2. The summed E-state index contributed by atoms with van der Waals surface area (Å²) in [6.07, 6.45) is 10.7. The van der Waals surface area contributed by atoms with E-state index in [-0.39, 0.29) is 59.5 Å². The van der Waals surface area contributed by atoms with Crippen LogP contribution in [0.3, 0.4) is 0 Å². The highest BCUT2D eigenvalue weighted by Crippen LogP contribution is 2.45. The molecule has 4 fully saturated rings. The standard InChI is InChI=1S/C35H64N6O6S2/c1-23(42)47-29-9-8-24-13-26(33(45)30(14-24)46-2)20-41-22-35(19-32(41)44,17-25-10-11-39-31(36)15-25)18-27(40-34(37)38)21-49-48-12-6-4-3-5-7-28(43)16-29/h24-31,33,39,43,45H,3-22,36H2,1-2H3,(H4,37,38,40)/p+2. The van der Waals surface area contributed by atoms with E-state index in [0.29, 0.717) is 51.1 Å². The summed E-state index contributed by atoms with van der Waals surface area (Å²) in [5.74, 6) is 2.44. The number of nitrogens with one attached hydrogen (secondary N) is 1. The molecule has 10 atom stereocenters. The fourth-order valence-electron chi connectivity index (χ4n) is 9.12. The molecule has 0 aromatic heterocycles. The number of amides is 1. The maximum atomic E-state index is 13.9. The average molecular weight is 731 g/mol. The van der Waals surface area contributed by atoms with Gasteiger partial charge in [-0.3, -0.25) is 31.8 Å². The molecule has 14 heteroatoms. The number of carbonyl (C=O) groups is 2. The van der Waals surface area contributed by atoms with Gasteiger partial charge in [-0.05, 0) is 69.6 Å². The summed E-state index contributed by atoms with van der Waals surface area (Å²) >= 11 is 0. The molecule has 0 spiro atoms. The maximum Gasteiger partial charge on any atom is 0.339 e. The summed E-state index contributed by atoms with van der Waals surface area (Å²) in [7, 11) is 5.34. The van der Waals surface area contributed by atoms with Gasteiger partial charge in [-0.15, -0.1) is 0 Å². The number of piperidine rings is 1. The van der Waals surface area contributed by atoms with Crippen molar-refractivity contribution in [3.63, 3.8) is 0 Å². The summed E-state index contributed by atoms with van der Waals surface area (Å²) in [5, 5.41) is 24.5. The van der Waals surface area contributed by atoms with Crippen molar-refractivity contribution in [1.82, 2.24) is 4.90 Å². The Morgan fingerprint density at radius 1 is 1.06 bits per heavy atom. The second kappa shape index (κ2) is 20.1. The van der Waals surface area contributed by atoms with Crippen molar-refractivity contribution < 1.29 is 39.6 Å². The predicted molar refractivity (Wildman–Crippen MR) is 195 cm³/mol. The third-order valence-corrected chi connectivity index (χ3v) is 13.9. The summed E-state index contributed by atoms with van der Waals surface area (Å²) in [5.41, 5.74) is 18.2. The Hall–Kier alpha value is -1.29. The van der Waals surface area contributed by atoms with Gasteiger partial charge in [0.25, 0.3) is 0 Å². The molecule has 4 aliphatic rings. The van der Waals surface area contributed by atoms with Crippen LogP contribution in [-0.4, -0.2) is 108 Å². The van der Waals surface area contributed by atoms with E-state index in [0.717, 1.165) is 82.3 Å². The number of aliphatic hydroxyl groups is 2. The fraction of sp³-hybridized carbons (Fsp3) is 0.914. The van der Waals surface area contributed by atoms with Gasteiger partial charge in [-0.1, -0.05) is 40.9 Å². The molecule has 4 rings (SSSR count). The first-order chi connectivity index (χ1) is 23.4. The molecule has 1 saturated carbocycles. The molecule has 3 saturated heterocycles. The highest BCUT2D eigenvalue weighted by atomic mass is 33.1. The monoisotopic (exact) mass is 730 g/mol. The smallest absolute Gasteiger partial charge is 0.339 e. The number of aliphatic hydroxyl groups excluding tert-OH is 2. The lowest BCUT2D eigenvalue weighted by Crippen LogP contribution is -2.94. The zero-order chi connectivity index (χ0) is 35.4.